The Labute approximate surface area is 151 Å². The first kappa shape index (κ1) is 17.2. The topological polar surface area (TPSA) is 57.0 Å². The minimum Gasteiger partial charge on any atom is -0.486 e. The molecule has 0 aliphatic carbocycles. The van der Waals surface area contributed by atoms with Crippen molar-refractivity contribution in [2.24, 2.45) is 7.05 Å². The number of aryl methyl sites for hydroxylation is 1. The third kappa shape index (κ3) is 4.48. The van der Waals surface area contributed by atoms with E-state index >= 15 is 0 Å². The average molecular weight is 353 g/mol. The summed E-state index contributed by atoms with van der Waals surface area (Å²) in [6, 6.07) is 17.1. The van der Waals surface area contributed by atoms with Crippen molar-refractivity contribution in [3.8, 4) is 5.75 Å². The van der Waals surface area contributed by atoms with E-state index in [-0.39, 0.29) is 5.78 Å². The van der Waals surface area contributed by atoms with Crippen LogP contribution >= 0.6 is 11.8 Å². The van der Waals surface area contributed by atoms with Crippen molar-refractivity contribution in [3.05, 3.63) is 71.5 Å². The number of hydrogen-bond donors (Lipinski definition) is 0. The average Bonchev–Trinajstić information content (AvgIpc) is 2.98. The van der Waals surface area contributed by atoms with E-state index in [9.17, 15) is 4.79 Å². The van der Waals surface area contributed by atoms with E-state index < -0.39 is 0 Å². The fraction of sp³-hybridized carbons (Fsp3) is 0.211. The van der Waals surface area contributed by atoms with E-state index in [1.807, 2.05) is 73.1 Å². The number of thioether (sulfide) groups is 1. The van der Waals surface area contributed by atoms with Crippen molar-refractivity contribution in [1.29, 1.82) is 0 Å². The molecule has 2 aromatic carbocycles. The van der Waals surface area contributed by atoms with E-state index in [2.05, 4.69) is 10.2 Å². The second-order valence-corrected chi connectivity index (χ2v) is 6.58. The molecule has 0 saturated heterocycles. The van der Waals surface area contributed by atoms with Gasteiger partial charge in [-0.1, -0.05) is 54.2 Å². The largest absolute Gasteiger partial charge is 0.486 e. The summed E-state index contributed by atoms with van der Waals surface area (Å²) < 4.78 is 7.62. The van der Waals surface area contributed by atoms with Crippen LogP contribution in [0.25, 0.3) is 0 Å². The van der Waals surface area contributed by atoms with Crippen LogP contribution in [0.2, 0.25) is 0 Å². The van der Waals surface area contributed by atoms with Gasteiger partial charge in [-0.3, -0.25) is 4.79 Å². The number of hydrogen-bond acceptors (Lipinski definition) is 5. The van der Waals surface area contributed by atoms with Gasteiger partial charge in [0.05, 0.1) is 5.75 Å². The molecule has 5 nitrogen and oxygen atoms in total. The molecule has 0 atom stereocenters. The Morgan fingerprint density at radius 3 is 2.68 bits per heavy atom. The molecule has 0 bridgehead atoms. The first-order chi connectivity index (χ1) is 12.1. The van der Waals surface area contributed by atoms with Gasteiger partial charge >= 0.3 is 0 Å². The number of nitrogens with zero attached hydrogens (tertiary/aromatic N) is 3. The van der Waals surface area contributed by atoms with E-state index in [4.69, 9.17) is 4.74 Å². The van der Waals surface area contributed by atoms with E-state index in [1.54, 1.807) is 0 Å². The van der Waals surface area contributed by atoms with Gasteiger partial charge in [-0.05, 0) is 24.6 Å². The van der Waals surface area contributed by atoms with Crippen molar-refractivity contribution >= 4 is 17.5 Å². The van der Waals surface area contributed by atoms with Gasteiger partial charge in [0.2, 0.25) is 0 Å². The molecule has 0 aliphatic rings. The Hall–Kier alpha value is -2.60. The molecule has 1 heterocycles. The molecule has 0 amide bonds. The van der Waals surface area contributed by atoms with E-state index in [1.165, 1.54) is 11.8 Å². The quantitative estimate of drug-likeness (QED) is 0.479. The molecule has 128 valence electrons. The Bertz CT molecular complexity index is 862. The summed E-state index contributed by atoms with van der Waals surface area (Å²) in [4.78, 5) is 12.2. The number of Topliss-reactive ketones (excluding diaryl/α,β-unsaturated/α-hetero) is 1. The standard InChI is InChI=1S/C19H19N3O2S/c1-14-7-6-10-16(11-14)24-12-18-20-21-19(22(18)2)25-13-17(23)15-8-4-3-5-9-15/h3-11H,12-13H2,1-2H3. The molecule has 0 N–H and O–H groups in total. The summed E-state index contributed by atoms with van der Waals surface area (Å²) in [6.45, 7) is 2.35. The minimum atomic E-state index is 0.0751. The fourth-order valence-corrected chi connectivity index (χ4v) is 3.11. The molecule has 1 aromatic heterocycles. The highest BCUT2D eigenvalue weighted by Crippen LogP contribution is 2.19. The first-order valence-electron chi connectivity index (χ1n) is 7.92. The number of rotatable bonds is 7. The highest BCUT2D eigenvalue weighted by molar-refractivity contribution is 7.99. The Balaban J connectivity index is 1.58. The zero-order valence-electron chi connectivity index (χ0n) is 14.2. The molecule has 25 heavy (non-hydrogen) atoms. The van der Waals surface area contributed by atoms with E-state index in [0.717, 1.165) is 17.1 Å². The van der Waals surface area contributed by atoms with Crippen LogP contribution in [0, 0.1) is 6.92 Å². The molecular weight excluding hydrogens is 334 g/mol. The summed E-state index contributed by atoms with van der Waals surface area (Å²) in [6.07, 6.45) is 0. The van der Waals surface area contributed by atoms with Gasteiger partial charge in [0.25, 0.3) is 0 Å². The number of benzene rings is 2. The van der Waals surface area contributed by atoms with Crippen molar-refractivity contribution in [3.63, 3.8) is 0 Å². The Morgan fingerprint density at radius 2 is 1.92 bits per heavy atom. The lowest BCUT2D eigenvalue weighted by Gasteiger charge is -2.07. The maximum Gasteiger partial charge on any atom is 0.191 e. The molecule has 0 radical (unpaired) electrons. The Kier molecular flexibility index (Phi) is 5.50. The molecule has 6 heteroatoms. The smallest absolute Gasteiger partial charge is 0.191 e. The van der Waals surface area contributed by atoms with E-state index in [0.29, 0.717) is 23.1 Å². The van der Waals surface area contributed by atoms with Crippen LogP contribution in [0.5, 0.6) is 5.75 Å². The zero-order valence-corrected chi connectivity index (χ0v) is 15.0. The van der Waals surface area contributed by atoms with Crippen LogP contribution in [0.4, 0.5) is 0 Å². The van der Waals surface area contributed by atoms with Gasteiger partial charge in [-0.25, -0.2) is 0 Å². The summed E-state index contributed by atoms with van der Waals surface area (Å²) in [5.41, 5.74) is 1.85. The summed E-state index contributed by atoms with van der Waals surface area (Å²) in [7, 11) is 1.88. The van der Waals surface area contributed by atoms with Crippen molar-refractivity contribution in [1.82, 2.24) is 14.8 Å². The maximum absolute atomic E-state index is 12.2. The molecule has 0 spiro atoms. The van der Waals surface area contributed by atoms with Crippen LogP contribution in [-0.4, -0.2) is 26.3 Å². The third-order valence-corrected chi connectivity index (χ3v) is 4.73. The monoisotopic (exact) mass is 353 g/mol. The number of ketones is 1. The molecule has 0 fully saturated rings. The first-order valence-corrected chi connectivity index (χ1v) is 8.91. The van der Waals surface area contributed by atoms with Crippen LogP contribution in [0.1, 0.15) is 21.7 Å². The minimum absolute atomic E-state index is 0.0751. The molecule has 0 saturated carbocycles. The predicted molar refractivity (Wildman–Crippen MR) is 98.0 cm³/mol. The molecule has 3 aromatic rings. The lowest BCUT2D eigenvalue weighted by Crippen LogP contribution is -2.06. The molecule has 0 unspecified atom stereocenters. The normalized spacial score (nSPS) is 10.6. The lowest BCUT2D eigenvalue weighted by atomic mass is 10.2. The summed E-state index contributed by atoms with van der Waals surface area (Å²) >= 11 is 1.38. The lowest BCUT2D eigenvalue weighted by molar-refractivity contribution is 0.102. The van der Waals surface area contributed by atoms with Gasteiger partial charge < -0.3 is 9.30 Å². The number of aromatic nitrogens is 3. The van der Waals surface area contributed by atoms with Crippen molar-refractivity contribution < 1.29 is 9.53 Å². The summed E-state index contributed by atoms with van der Waals surface area (Å²) in [5.74, 6) is 1.92. The highest BCUT2D eigenvalue weighted by atomic mass is 32.2. The third-order valence-electron chi connectivity index (χ3n) is 3.71. The zero-order chi connectivity index (χ0) is 17.6. The number of carbonyl (C=O) groups excluding carboxylic acids is 1. The molecule has 0 aliphatic heterocycles. The van der Waals surface area contributed by atoms with Crippen LogP contribution in [0.15, 0.2) is 59.8 Å². The molecular formula is C19H19N3O2S. The van der Waals surface area contributed by atoms with Crippen LogP contribution in [-0.2, 0) is 13.7 Å². The van der Waals surface area contributed by atoms with Gasteiger partial charge in [-0.15, -0.1) is 10.2 Å². The van der Waals surface area contributed by atoms with Crippen molar-refractivity contribution in [2.75, 3.05) is 5.75 Å². The van der Waals surface area contributed by atoms with Crippen LogP contribution in [0.3, 0.4) is 0 Å². The van der Waals surface area contributed by atoms with Crippen molar-refractivity contribution in [2.45, 2.75) is 18.7 Å². The SMILES string of the molecule is Cc1cccc(OCc2nnc(SCC(=O)c3ccccc3)n2C)c1. The van der Waals surface area contributed by atoms with Gasteiger partial charge in [0.15, 0.2) is 16.8 Å². The van der Waals surface area contributed by atoms with Gasteiger partial charge in [0.1, 0.15) is 12.4 Å². The maximum atomic E-state index is 12.2. The number of ether oxygens (including phenoxy) is 1. The second kappa shape index (κ2) is 7.98. The molecule has 3 rings (SSSR count). The second-order valence-electron chi connectivity index (χ2n) is 5.64. The Morgan fingerprint density at radius 1 is 1.12 bits per heavy atom. The summed E-state index contributed by atoms with van der Waals surface area (Å²) in [5, 5.41) is 9.02. The van der Waals surface area contributed by atoms with Crippen LogP contribution < -0.4 is 4.74 Å². The highest BCUT2D eigenvalue weighted by Gasteiger charge is 2.13. The fourth-order valence-electron chi connectivity index (χ4n) is 2.29. The van der Waals surface area contributed by atoms with Gasteiger partial charge in [0, 0.05) is 12.6 Å². The number of carbonyl (C=O) groups is 1. The van der Waals surface area contributed by atoms with Gasteiger partial charge in [-0.2, -0.15) is 0 Å². The predicted octanol–water partition coefficient (Wildman–Crippen LogP) is 3.68.